The second-order valence-corrected chi connectivity index (χ2v) is 4.80. The summed E-state index contributed by atoms with van der Waals surface area (Å²) in [6.45, 7) is 1.87. The van der Waals surface area contributed by atoms with Crippen molar-refractivity contribution in [3.05, 3.63) is 59.7 Å². The van der Waals surface area contributed by atoms with Gasteiger partial charge in [0, 0.05) is 5.56 Å². The molecule has 25 heavy (non-hydrogen) atoms. The van der Waals surface area contributed by atoms with Crippen molar-refractivity contribution in [3.8, 4) is 5.75 Å². The van der Waals surface area contributed by atoms with Gasteiger partial charge in [0.1, 0.15) is 5.75 Å². The van der Waals surface area contributed by atoms with Crippen molar-refractivity contribution in [2.24, 2.45) is 0 Å². The fraction of sp³-hybridized carbons (Fsp3) is 0.167. The third-order valence-electron chi connectivity index (χ3n) is 3.16. The number of carbonyl (C=O) groups is 3. The van der Waals surface area contributed by atoms with Crippen molar-refractivity contribution in [2.45, 2.75) is 6.92 Å². The number of amides is 1. The lowest BCUT2D eigenvalue weighted by molar-refractivity contribution is 0.0601. The standard InChI is InChI=1S/C18H17NO6/c1-3-24-18(22)25-13-10-8-12(9-11-13)16(20)19-15-7-5-4-6-14(15)17(21)23-2/h4-11H,3H2,1-2H3,(H,19,20). The molecule has 0 aliphatic carbocycles. The van der Waals surface area contributed by atoms with Gasteiger partial charge in [-0.25, -0.2) is 9.59 Å². The maximum atomic E-state index is 12.3. The molecule has 0 heterocycles. The molecule has 0 unspecified atom stereocenters. The first-order valence-electron chi connectivity index (χ1n) is 7.48. The smallest absolute Gasteiger partial charge is 0.465 e. The molecule has 7 heteroatoms. The largest absolute Gasteiger partial charge is 0.513 e. The number of nitrogens with one attached hydrogen (secondary N) is 1. The van der Waals surface area contributed by atoms with Gasteiger partial charge in [-0.05, 0) is 43.3 Å². The van der Waals surface area contributed by atoms with Crippen molar-refractivity contribution in [2.75, 3.05) is 19.0 Å². The van der Waals surface area contributed by atoms with Gasteiger partial charge in [0.2, 0.25) is 0 Å². The lowest BCUT2D eigenvalue weighted by Gasteiger charge is -2.10. The molecule has 0 aromatic heterocycles. The molecule has 1 amide bonds. The lowest BCUT2D eigenvalue weighted by Crippen LogP contribution is -2.15. The van der Waals surface area contributed by atoms with E-state index in [9.17, 15) is 14.4 Å². The molecule has 0 fully saturated rings. The van der Waals surface area contributed by atoms with Gasteiger partial charge in [-0.3, -0.25) is 4.79 Å². The van der Waals surface area contributed by atoms with Gasteiger partial charge >= 0.3 is 12.1 Å². The molecule has 130 valence electrons. The zero-order valence-electron chi connectivity index (χ0n) is 13.8. The van der Waals surface area contributed by atoms with E-state index in [1.165, 1.54) is 31.4 Å². The fourth-order valence-electron chi connectivity index (χ4n) is 1.99. The molecule has 0 aliphatic heterocycles. The summed E-state index contributed by atoms with van der Waals surface area (Å²) in [6, 6.07) is 12.4. The molecule has 0 spiro atoms. The monoisotopic (exact) mass is 343 g/mol. The molecule has 0 radical (unpaired) electrons. The van der Waals surface area contributed by atoms with E-state index in [0.717, 1.165) is 0 Å². The van der Waals surface area contributed by atoms with E-state index in [1.54, 1.807) is 31.2 Å². The zero-order chi connectivity index (χ0) is 18.2. The third-order valence-corrected chi connectivity index (χ3v) is 3.16. The molecule has 7 nitrogen and oxygen atoms in total. The first-order chi connectivity index (χ1) is 12.0. The highest BCUT2D eigenvalue weighted by atomic mass is 16.7. The van der Waals surface area contributed by atoms with Crippen molar-refractivity contribution in [1.29, 1.82) is 0 Å². The van der Waals surface area contributed by atoms with Crippen molar-refractivity contribution in [3.63, 3.8) is 0 Å². The summed E-state index contributed by atoms with van der Waals surface area (Å²) in [5, 5.41) is 2.65. The minimum Gasteiger partial charge on any atom is -0.465 e. The van der Waals surface area contributed by atoms with Crippen molar-refractivity contribution >= 4 is 23.7 Å². The van der Waals surface area contributed by atoms with E-state index in [1.807, 2.05) is 0 Å². The van der Waals surface area contributed by atoms with Crippen LogP contribution in [0.5, 0.6) is 5.75 Å². The molecule has 1 N–H and O–H groups in total. The van der Waals surface area contributed by atoms with Gasteiger partial charge in [0.15, 0.2) is 0 Å². The summed E-state index contributed by atoms with van der Waals surface area (Å²) in [6.07, 6.45) is -0.813. The van der Waals surface area contributed by atoms with E-state index >= 15 is 0 Å². The maximum absolute atomic E-state index is 12.3. The van der Waals surface area contributed by atoms with Gasteiger partial charge in [-0.1, -0.05) is 12.1 Å². The van der Waals surface area contributed by atoms with Gasteiger partial charge in [0.25, 0.3) is 5.91 Å². The van der Waals surface area contributed by atoms with Gasteiger partial charge < -0.3 is 19.5 Å². The Kier molecular flexibility index (Phi) is 6.11. The van der Waals surface area contributed by atoms with Crippen LogP contribution in [-0.4, -0.2) is 31.7 Å². The minimum atomic E-state index is -0.813. The van der Waals surface area contributed by atoms with Crippen LogP contribution in [0, 0.1) is 0 Å². The SMILES string of the molecule is CCOC(=O)Oc1ccc(C(=O)Nc2ccccc2C(=O)OC)cc1. The summed E-state index contributed by atoms with van der Waals surface area (Å²) in [7, 11) is 1.27. The Morgan fingerprint density at radius 1 is 1.00 bits per heavy atom. The number of carbonyl (C=O) groups excluding carboxylic acids is 3. The van der Waals surface area contributed by atoms with Gasteiger partial charge in [-0.2, -0.15) is 0 Å². The Bertz CT molecular complexity index is 769. The number of methoxy groups -OCH3 is 1. The van der Waals surface area contributed by atoms with Crippen LogP contribution < -0.4 is 10.1 Å². The average Bonchev–Trinajstić information content (AvgIpc) is 2.62. The first-order valence-corrected chi connectivity index (χ1v) is 7.48. The molecular weight excluding hydrogens is 326 g/mol. The van der Waals surface area contributed by atoms with Crippen molar-refractivity contribution in [1.82, 2.24) is 0 Å². The molecule has 0 saturated heterocycles. The number of rotatable bonds is 5. The summed E-state index contributed by atoms with van der Waals surface area (Å²) < 4.78 is 14.3. The van der Waals surface area contributed by atoms with Crippen LogP contribution in [0.1, 0.15) is 27.6 Å². The summed E-state index contributed by atoms with van der Waals surface area (Å²) in [5.74, 6) is -0.710. The maximum Gasteiger partial charge on any atom is 0.513 e. The number of benzene rings is 2. The number of para-hydroxylation sites is 1. The van der Waals surface area contributed by atoms with Crippen LogP contribution in [0.25, 0.3) is 0 Å². The molecular formula is C18H17NO6. The first kappa shape index (κ1) is 18.0. The van der Waals surface area contributed by atoms with E-state index in [-0.39, 0.29) is 17.9 Å². The topological polar surface area (TPSA) is 90.9 Å². The van der Waals surface area contributed by atoms with E-state index in [4.69, 9.17) is 4.74 Å². The van der Waals surface area contributed by atoms with Crippen LogP contribution in [0.4, 0.5) is 10.5 Å². The van der Waals surface area contributed by atoms with Crippen LogP contribution in [0.2, 0.25) is 0 Å². The molecule has 0 saturated carbocycles. The van der Waals surface area contributed by atoms with Crippen molar-refractivity contribution < 1.29 is 28.6 Å². The summed E-state index contributed by atoms with van der Waals surface area (Å²) >= 11 is 0. The summed E-state index contributed by atoms with van der Waals surface area (Å²) in [5.41, 5.74) is 0.919. The normalized spacial score (nSPS) is 9.84. The zero-order valence-corrected chi connectivity index (χ0v) is 13.8. The van der Waals surface area contributed by atoms with Gasteiger partial charge in [-0.15, -0.1) is 0 Å². The Morgan fingerprint density at radius 3 is 2.32 bits per heavy atom. The lowest BCUT2D eigenvalue weighted by atomic mass is 10.1. The van der Waals surface area contributed by atoms with Crippen LogP contribution >= 0.6 is 0 Å². The highest BCUT2D eigenvalue weighted by Gasteiger charge is 2.14. The highest BCUT2D eigenvalue weighted by Crippen LogP contribution is 2.18. The molecule has 0 aliphatic rings. The fourth-order valence-corrected chi connectivity index (χ4v) is 1.99. The molecule has 0 atom stereocenters. The molecule has 2 aromatic carbocycles. The third kappa shape index (κ3) is 4.81. The quantitative estimate of drug-likeness (QED) is 0.662. The number of hydrogen-bond acceptors (Lipinski definition) is 6. The molecule has 2 rings (SSSR count). The predicted octanol–water partition coefficient (Wildman–Crippen LogP) is 3.26. The number of anilines is 1. The van der Waals surface area contributed by atoms with Crippen LogP contribution in [0.3, 0.4) is 0 Å². The second-order valence-electron chi connectivity index (χ2n) is 4.80. The Hall–Kier alpha value is -3.35. The second kappa shape index (κ2) is 8.49. The predicted molar refractivity (Wildman–Crippen MR) is 89.8 cm³/mol. The number of hydrogen-bond donors (Lipinski definition) is 1. The van der Waals surface area contributed by atoms with E-state index in [2.05, 4.69) is 14.8 Å². The summed E-state index contributed by atoms with van der Waals surface area (Å²) in [4.78, 5) is 35.3. The van der Waals surface area contributed by atoms with E-state index in [0.29, 0.717) is 11.3 Å². The van der Waals surface area contributed by atoms with Crippen LogP contribution in [-0.2, 0) is 9.47 Å². The number of esters is 1. The molecule has 2 aromatic rings. The van der Waals surface area contributed by atoms with Crippen LogP contribution in [0.15, 0.2) is 48.5 Å². The Balaban J connectivity index is 2.09. The van der Waals surface area contributed by atoms with E-state index < -0.39 is 18.0 Å². The Morgan fingerprint density at radius 2 is 1.68 bits per heavy atom. The van der Waals surface area contributed by atoms with Gasteiger partial charge in [0.05, 0.1) is 25.0 Å². The Labute approximate surface area is 144 Å². The highest BCUT2D eigenvalue weighted by molar-refractivity contribution is 6.08. The minimum absolute atomic E-state index is 0.207. The number of ether oxygens (including phenoxy) is 3. The average molecular weight is 343 g/mol. The molecule has 0 bridgehead atoms.